The van der Waals surface area contributed by atoms with Gasteiger partial charge in [0.1, 0.15) is 23.7 Å². The Balaban J connectivity index is 1.68. The fourth-order valence-electron chi connectivity index (χ4n) is 3.99. The van der Waals surface area contributed by atoms with E-state index in [4.69, 9.17) is 11.7 Å². The van der Waals surface area contributed by atoms with Gasteiger partial charge in [-0.1, -0.05) is 17.9 Å². The number of hydrazone groups is 1. The van der Waals surface area contributed by atoms with E-state index < -0.39 is 40.8 Å². The molecule has 0 fully saturated rings. The molecule has 0 saturated carbocycles. The summed E-state index contributed by atoms with van der Waals surface area (Å²) in [6.45, 7) is 0.508. The zero-order chi connectivity index (χ0) is 25.9. The summed E-state index contributed by atoms with van der Waals surface area (Å²) < 4.78 is 60.1. The monoisotopic (exact) mass is 494 g/mol. The van der Waals surface area contributed by atoms with Crippen molar-refractivity contribution in [3.8, 4) is 11.8 Å². The standard InChI is InChI=1S/C26H22F4N6/c1-25(15-36(32)16-35-31,21-7-6-20(27)13-22(21)28)26(29,30)24-9-5-18(14-34-24)3-2-17-4-8-23-19(12-17)10-11-33-23/h4-14,16,33H,15,31-32H2,1H3/b35-16-. The molecule has 4 rings (SSSR count). The second-order valence-corrected chi connectivity index (χ2v) is 8.43. The first-order valence-electron chi connectivity index (χ1n) is 10.8. The van der Waals surface area contributed by atoms with Gasteiger partial charge in [-0.25, -0.2) is 14.6 Å². The number of halogens is 4. The third kappa shape index (κ3) is 4.74. The first-order chi connectivity index (χ1) is 17.1. The molecule has 2 heterocycles. The van der Waals surface area contributed by atoms with Crippen molar-refractivity contribution < 1.29 is 17.6 Å². The minimum Gasteiger partial charge on any atom is -0.361 e. The number of hydrogen-bond donors (Lipinski definition) is 3. The van der Waals surface area contributed by atoms with Crippen molar-refractivity contribution in [2.45, 2.75) is 18.3 Å². The zero-order valence-electron chi connectivity index (χ0n) is 19.1. The number of alkyl halides is 2. The van der Waals surface area contributed by atoms with Gasteiger partial charge in [0.05, 0.1) is 12.0 Å². The van der Waals surface area contributed by atoms with E-state index in [1.807, 2.05) is 30.5 Å². The van der Waals surface area contributed by atoms with Crippen LogP contribution in [0.3, 0.4) is 0 Å². The molecule has 0 aliphatic rings. The van der Waals surface area contributed by atoms with Gasteiger partial charge in [-0.15, -0.1) is 0 Å². The van der Waals surface area contributed by atoms with E-state index in [0.717, 1.165) is 52.9 Å². The molecule has 6 nitrogen and oxygen atoms in total. The largest absolute Gasteiger partial charge is 0.361 e. The summed E-state index contributed by atoms with van der Waals surface area (Å²) in [6, 6.07) is 12.5. The molecule has 0 amide bonds. The fraction of sp³-hybridized carbons (Fsp3) is 0.154. The van der Waals surface area contributed by atoms with E-state index in [1.165, 1.54) is 12.3 Å². The maximum atomic E-state index is 16.0. The first kappa shape index (κ1) is 24.8. The molecule has 4 aromatic rings. The number of benzene rings is 2. The van der Waals surface area contributed by atoms with Gasteiger partial charge in [-0.05, 0) is 49.4 Å². The number of aromatic nitrogens is 2. The molecule has 0 aliphatic carbocycles. The lowest BCUT2D eigenvalue weighted by atomic mass is 9.74. The molecule has 10 heteroatoms. The van der Waals surface area contributed by atoms with Gasteiger partial charge in [0, 0.05) is 46.1 Å². The number of aromatic amines is 1. The van der Waals surface area contributed by atoms with E-state index in [-0.39, 0.29) is 0 Å². The van der Waals surface area contributed by atoms with Crippen LogP contribution in [0.15, 0.2) is 72.1 Å². The molecular weight excluding hydrogens is 472 g/mol. The van der Waals surface area contributed by atoms with Crippen molar-refractivity contribution in [3.05, 3.63) is 101 Å². The topological polar surface area (TPSA) is 96.3 Å². The lowest BCUT2D eigenvalue weighted by Gasteiger charge is -2.39. The van der Waals surface area contributed by atoms with Crippen molar-refractivity contribution in [3.63, 3.8) is 0 Å². The van der Waals surface area contributed by atoms with Crippen molar-refractivity contribution in [1.29, 1.82) is 0 Å². The highest BCUT2D eigenvalue weighted by atomic mass is 19.3. The lowest BCUT2D eigenvalue weighted by Crippen LogP contribution is -2.52. The SMILES string of the molecule is CC(CN(N)/C=N\N)(c1ccc(F)cc1F)C(F)(F)c1ccc(C#Cc2ccc3[nH]ccc3c2)cn1. The summed E-state index contributed by atoms with van der Waals surface area (Å²) in [5.74, 6) is 10.9. The lowest BCUT2D eigenvalue weighted by molar-refractivity contribution is -0.0908. The van der Waals surface area contributed by atoms with Crippen molar-refractivity contribution >= 4 is 17.2 Å². The Morgan fingerprint density at radius 2 is 1.81 bits per heavy atom. The number of nitrogens with one attached hydrogen (secondary N) is 1. The third-order valence-electron chi connectivity index (χ3n) is 5.92. The predicted molar refractivity (Wildman–Crippen MR) is 130 cm³/mol. The van der Waals surface area contributed by atoms with Crippen molar-refractivity contribution in [2.24, 2.45) is 16.8 Å². The summed E-state index contributed by atoms with van der Waals surface area (Å²) in [7, 11) is 0. The number of fused-ring (bicyclic) bond motifs is 1. The van der Waals surface area contributed by atoms with E-state index in [1.54, 1.807) is 0 Å². The van der Waals surface area contributed by atoms with Crippen LogP contribution in [-0.4, -0.2) is 27.9 Å². The second kappa shape index (κ2) is 9.71. The normalized spacial score (nSPS) is 13.4. The second-order valence-electron chi connectivity index (χ2n) is 8.43. The van der Waals surface area contributed by atoms with Gasteiger partial charge in [-0.3, -0.25) is 9.99 Å². The highest BCUT2D eigenvalue weighted by Crippen LogP contribution is 2.47. The van der Waals surface area contributed by atoms with Gasteiger partial charge in [0.2, 0.25) is 0 Å². The average Bonchev–Trinajstić information content (AvgIpc) is 3.31. The minimum absolute atomic E-state index is 0.411. The van der Waals surface area contributed by atoms with Crippen LogP contribution in [0.5, 0.6) is 0 Å². The maximum absolute atomic E-state index is 16.0. The van der Waals surface area contributed by atoms with Crippen LogP contribution in [-0.2, 0) is 11.3 Å². The highest BCUT2D eigenvalue weighted by molar-refractivity contribution is 5.80. The van der Waals surface area contributed by atoms with Gasteiger partial charge >= 0.3 is 5.92 Å². The van der Waals surface area contributed by atoms with Gasteiger partial charge < -0.3 is 10.8 Å². The molecule has 0 spiro atoms. The van der Waals surface area contributed by atoms with Crippen LogP contribution < -0.4 is 11.7 Å². The van der Waals surface area contributed by atoms with E-state index in [2.05, 4.69) is 26.9 Å². The summed E-state index contributed by atoms with van der Waals surface area (Å²) >= 11 is 0. The molecule has 0 radical (unpaired) electrons. The summed E-state index contributed by atoms with van der Waals surface area (Å²) in [6.07, 6.45) is 3.96. The Morgan fingerprint density at radius 3 is 2.50 bits per heavy atom. The molecule has 0 bridgehead atoms. The molecule has 2 aromatic heterocycles. The molecule has 2 aromatic carbocycles. The summed E-state index contributed by atoms with van der Waals surface area (Å²) in [5.41, 5.74) is -1.21. The number of rotatable bonds is 6. The molecule has 5 N–H and O–H groups in total. The molecule has 0 aliphatic heterocycles. The van der Waals surface area contributed by atoms with Crippen LogP contribution in [0.1, 0.15) is 29.3 Å². The number of nitrogens with zero attached hydrogens (tertiary/aromatic N) is 3. The fourth-order valence-corrected chi connectivity index (χ4v) is 3.99. The zero-order valence-corrected chi connectivity index (χ0v) is 19.1. The smallest absolute Gasteiger partial charge is 0.300 e. The highest BCUT2D eigenvalue weighted by Gasteiger charge is 2.55. The van der Waals surface area contributed by atoms with Crippen LogP contribution in [0.4, 0.5) is 17.6 Å². The molecule has 1 atom stereocenters. The Kier molecular flexibility index (Phi) is 6.68. The predicted octanol–water partition coefficient (Wildman–Crippen LogP) is 4.37. The van der Waals surface area contributed by atoms with Crippen LogP contribution in [0.25, 0.3) is 10.9 Å². The number of hydrogen-bond acceptors (Lipinski definition) is 4. The Morgan fingerprint density at radius 1 is 1.06 bits per heavy atom. The summed E-state index contributed by atoms with van der Waals surface area (Å²) in [4.78, 5) is 7.02. The van der Waals surface area contributed by atoms with E-state index >= 15 is 8.78 Å². The van der Waals surface area contributed by atoms with Crippen LogP contribution in [0, 0.1) is 23.5 Å². The number of pyridine rings is 1. The van der Waals surface area contributed by atoms with E-state index in [9.17, 15) is 8.78 Å². The van der Waals surface area contributed by atoms with Crippen molar-refractivity contribution in [1.82, 2.24) is 15.0 Å². The maximum Gasteiger partial charge on any atom is 0.300 e. The third-order valence-corrected chi connectivity index (χ3v) is 5.92. The molecule has 184 valence electrons. The quantitative estimate of drug-likeness (QED) is 0.0927. The van der Waals surface area contributed by atoms with Crippen LogP contribution in [0.2, 0.25) is 0 Å². The molecular formula is C26H22F4N6. The number of H-pyrrole nitrogens is 1. The van der Waals surface area contributed by atoms with Crippen molar-refractivity contribution in [2.75, 3.05) is 6.54 Å². The van der Waals surface area contributed by atoms with Crippen LogP contribution >= 0.6 is 0 Å². The van der Waals surface area contributed by atoms with E-state index in [0.29, 0.717) is 11.6 Å². The molecule has 0 saturated heterocycles. The van der Waals surface area contributed by atoms with Gasteiger partial charge in [0.25, 0.3) is 0 Å². The molecule has 1 unspecified atom stereocenters. The Bertz CT molecular complexity index is 1470. The summed E-state index contributed by atoms with van der Waals surface area (Å²) in [5, 5.41) is 5.02. The molecule has 36 heavy (non-hydrogen) atoms. The average molecular weight is 494 g/mol. The van der Waals surface area contributed by atoms with Gasteiger partial charge in [0.15, 0.2) is 0 Å². The first-order valence-corrected chi connectivity index (χ1v) is 10.8. The number of nitrogens with two attached hydrogens (primary N) is 2. The Labute approximate surface area is 204 Å². The Hall–Kier alpha value is -4.36. The van der Waals surface area contributed by atoms with Gasteiger partial charge in [-0.2, -0.15) is 13.9 Å². The minimum atomic E-state index is -3.74. The number of hydrazine groups is 1.